The number of nitrogens with zero attached hydrogens (tertiary/aromatic N) is 8. The first-order valence-corrected chi connectivity index (χ1v) is 12.5. The molecule has 9 heteroatoms. The van der Waals surface area contributed by atoms with Crippen molar-refractivity contribution < 1.29 is 0 Å². The van der Waals surface area contributed by atoms with E-state index in [1.807, 2.05) is 59.8 Å². The van der Waals surface area contributed by atoms with E-state index in [9.17, 15) is 0 Å². The molecular weight excluding hydrogens is 462 g/mol. The second-order valence-corrected chi connectivity index (χ2v) is 9.37. The molecule has 184 valence electrons. The smallest absolute Gasteiger partial charge is 0.137 e. The Labute approximate surface area is 215 Å². The van der Waals surface area contributed by atoms with Gasteiger partial charge in [-0.25, -0.2) is 9.67 Å². The van der Waals surface area contributed by atoms with Gasteiger partial charge >= 0.3 is 0 Å². The van der Waals surface area contributed by atoms with Gasteiger partial charge in [-0.3, -0.25) is 4.98 Å². The lowest BCUT2D eigenvalue weighted by atomic mass is 10.1. The summed E-state index contributed by atoms with van der Waals surface area (Å²) in [5, 5.41) is 21.1. The third kappa shape index (κ3) is 5.20. The lowest BCUT2D eigenvalue weighted by Crippen LogP contribution is -2.17. The van der Waals surface area contributed by atoms with Crippen molar-refractivity contribution in [3.63, 3.8) is 0 Å². The Kier molecular flexibility index (Phi) is 6.31. The molecule has 1 fully saturated rings. The predicted octanol–water partition coefficient (Wildman–Crippen LogP) is 3.80. The number of hydrogen-bond donors (Lipinski definition) is 1. The fraction of sp³-hybridized carbons (Fsp3) is 0.250. The van der Waals surface area contributed by atoms with E-state index in [0.29, 0.717) is 12.1 Å². The Bertz CT molecular complexity index is 1550. The Morgan fingerprint density at radius 2 is 1.73 bits per heavy atom. The zero-order valence-corrected chi connectivity index (χ0v) is 20.5. The summed E-state index contributed by atoms with van der Waals surface area (Å²) in [5.74, 6) is 0. The van der Waals surface area contributed by atoms with Crippen LogP contribution in [-0.2, 0) is 19.6 Å². The average Bonchev–Trinajstić information content (AvgIpc) is 3.70. The summed E-state index contributed by atoms with van der Waals surface area (Å²) in [5.41, 5.74) is 7.74. The molecule has 9 nitrogen and oxygen atoms in total. The van der Waals surface area contributed by atoms with Crippen LogP contribution >= 0.6 is 0 Å². The monoisotopic (exact) mass is 489 g/mol. The van der Waals surface area contributed by atoms with E-state index >= 15 is 0 Å². The number of rotatable bonds is 8. The van der Waals surface area contributed by atoms with Gasteiger partial charge in [-0.15, -0.1) is 5.10 Å². The number of aromatic nitrogens is 6. The van der Waals surface area contributed by atoms with Gasteiger partial charge in [0, 0.05) is 50.3 Å². The number of nitrogens with one attached hydrogen (secondary N) is 1. The molecule has 0 radical (unpaired) electrons. The van der Waals surface area contributed by atoms with Crippen LogP contribution in [0.1, 0.15) is 35.2 Å². The fourth-order valence-electron chi connectivity index (χ4n) is 4.71. The molecule has 0 spiro atoms. The summed E-state index contributed by atoms with van der Waals surface area (Å²) >= 11 is 0. The Morgan fingerprint density at radius 1 is 0.919 bits per heavy atom. The molecule has 0 bridgehead atoms. The first kappa shape index (κ1) is 22.9. The zero-order valence-electron chi connectivity index (χ0n) is 20.5. The van der Waals surface area contributed by atoms with Crippen LogP contribution in [0.2, 0.25) is 0 Å². The van der Waals surface area contributed by atoms with Crippen molar-refractivity contribution in [3.05, 3.63) is 95.8 Å². The molecule has 0 unspecified atom stereocenters. The largest absolute Gasteiger partial charge is 0.370 e. The van der Waals surface area contributed by atoms with Crippen LogP contribution in [0.25, 0.3) is 16.9 Å². The van der Waals surface area contributed by atoms with Crippen molar-refractivity contribution >= 4 is 11.3 Å². The summed E-state index contributed by atoms with van der Waals surface area (Å²) in [6.45, 7) is 4.19. The summed E-state index contributed by atoms with van der Waals surface area (Å²) in [7, 11) is 0. The van der Waals surface area contributed by atoms with E-state index in [0.717, 1.165) is 60.0 Å². The molecular formula is C28H27N9. The molecule has 4 aromatic heterocycles. The maximum Gasteiger partial charge on any atom is 0.137 e. The summed E-state index contributed by atoms with van der Waals surface area (Å²) in [6.07, 6.45) is 12.3. The van der Waals surface area contributed by atoms with Gasteiger partial charge in [0.05, 0.1) is 42.0 Å². The van der Waals surface area contributed by atoms with Gasteiger partial charge in [0.25, 0.3) is 0 Å². The number of fused-ring (bicyclic) bond motifs is 1. The molecule has 0 aliphatic carbocycles. The molecule has 0 amide bonds. The van der Waals surface area contributed by atoms with Crippen LogP contribution in [0.15, 0.2) is 73.4 Å². The topological polar surface area (TPSA) is 100.0 Å². The molecule has 1 saturated heterocycles. The molecule has 1 aliphatic rings. The zero-order chi connectivity index (χ0) is 25.0. The fourth-order valence-corrected chi connectivity index (χ4v) is 4.71. The van der Waals surface area contributed by atoms with Crippen LogP contribution in [0.5, 0.6) is 0 Å². The summed E-state index contributed by atoms with van der Waals surface area (Å²) in [6, 6.07) is 16.1. The standard InChI is InChI=1S/C28H27N9/c29-12-21-3-5-22(6-4-21)13-30-14-23-7-8-28-32-25(18-36(28)17-23)19-37-20-27(33-34-37)24-11-26(16-31-15-24)35-9-1-2-10-35/h3-8,11,15-18,20,30H,1-2,9-10,13-14,19H2. The van der Waals surface area contributed by atoms with E-state index in [1.165, 1.54) is 18.4 Å². The van der Waals surface area contributed by atoms with Crippen molar-refractivity contribution in [1.29, 1.82) is 5.26 Å². The van der Waals surface area contributed by atoms with E-state index < -0.39 is 0 Å². The highest BCUT2D eigenvalue weighted by Gasteiger charge is 2.14. The minimum Gasteiger partial charge on any atom is -0.370 e. The third-order valence-corrected chi connectivity index (χ3v) is 6.66. The number of imidazole rings is 1. The van der Waals surface area contributed by atoms with Gasteiger partial charge in [-0.05, 0) is 48.2 Å². The first-order chi connectivity index (χ1) is 18.2. The molecule has 5 heterocycles. The van der Waals surface area contributed by atoms with E-state index in [4.69, 9.17) is 10.2 Å². The van der Waals surface area contributed by atoms with Gasteiger partial charge in [-0.2, -0.15) is 5.26 Å². The van der Waals surface area contributed by atoms with Gasteiger partial charge in [-0.1, -0.05) is 23.4 Å². The number of benzene rings is 1. The van der Waals surface area contributed by atoms with Crippen LogP contribution in [-0.4, -0.2) is 42.5 Å². The van der Waals surface area contributed by atoms with E-state index in [2.05, 4.69) is 54.3 Å². The van der Waals surface area contributed by atoms with Crippen LogP contribution in [0.4, 0.5) is 5.69 Å². The first-order valence-electron chi connectivity index (χ1n) is 12.5. The minimum atomic E-state index is 0.542. The maximum absolute atomic E-state index is 8.93. The van der Waals surface area contributed by atoms with Crippen molar-refractivity contribution in [2.75, 3.05) is 18.0 Å². The second kappa shape index (κ2) is 10.2. The highest BCUT2D eigenvalue weighted by Crippen LogP contribution is 2.24. The average molecular weight is 490 g/mol. The Hall–Kier alpha value is -4.55. The molecule has 6 rings (SSSR count). The number of anilines is 1. The Balaban J connectivity index is 1.10. The third-order valence-electron chi connectivity index (χ3n) is 6.66. The maximum atomic E-state index is 8.93. The molecule has 5 aromatic rings. The van der Waals surface area contributed by atoms with Gasteiger partial charge < -0.3 is 14.6 Å². The van der Waals surface area contributed by atoms with Gasteiger partial charge in [0.1, 0.15) is 11.3 Å². The van der Waals surface area contributed by atoms with Crippen LogP contribution in [0, 0.1) is 11.3 Å². The van der Waals surface area contributed by atoms with Crippen LogP contribution < -0.4 is 10.2 Å². The molecule has 0 saturated carbocycles. The molecule has 1 aliphatic heterocycles. The predicted molar refractivity (Wildman–Crippen MR) is 141 cm³/mol. The molecule has 1 aromatic carbocycles. The Morgan fingerprint density at radius 3 is 2.57 bits per heavy atom. The van der Waals surface area contributed by atoms with Gasteiger partial charge in [0.15, 0.2) is 0 Å². The van der Waals surface area contributed by atoms with Gasteiger partial charge in [0.2, 0.25) is 0 Å². The summed E-state index contributed by atoms with van der Waals surface area (Å²) < 4.78 is 3.87. The lowest BCUT2D eigenvalue weighted by molar-refractivity contribution is 0.641. The number of nitriles is 1. The minimum absolute atomic E-state index is 0.542. The normalized spacial score (nSPS) is 13.3. The SMILES string of the molecule is N#Cc1ccc(CNCc2ccc3nc(Cn4cc(-c5cncc(N6CCCC6)c5)nn4)cn3c2)cc1. The highest BCUT2D eigenvalue weighted by atomic mass is 15.4. The molecule has 1 N–H and O–H groups in total. The molecule has 37 heavy (non-hydrogen) atoms. The van der Waals surface area contributed by atoms with Crippen molar-refractivity contribution in [2.45, 2.75) is 32.5 Å². The summed E-state index contributed by atoms with van der Waals surface area (Å²) in [4.78, 5) is 11.5. The van der Waals surface area contributed by atoms with E-state index in [-0.39, 0.29) is 0 Å². The lowest BCUT2D eigenvalue weighted by Gasteiger charge is -2.17. The number of pyridine rings is 2. The van der Waals surface area contributed by atoms with Crippen molar-refractivity contribution in [3.8, 4) is 17.3 Å². The molecule has 0 atom stereocenters. The second-order valence-electron chi connectivity index (χ2n) is 9.37. The highest BCUT2D eigenvalue weighted by molar-refractivity contribution is 5.63. The quantitative estimate of drug-likeness (QED) is 0.354. The number of hydrogen-bond acceptors (Lipinski definition) is 7. The van der Waals surface area contributed by atoms with E-state index in [1.54, 1.807) is 0 Å². The van der Waals surface area contributed by atoms with Crippen molar-refractivity contribution in [1.82, 2.24) is 34.7 Å². The van der Waals surface area contributed by atoms with Crippen molar-refractivity contribution in [2.24, 2.45) is 0 Å². The van der Waals surface area contributed by atoms with Crippen LogP contribution in [0.3, 0.4) is 0 Å².